The second-order valence-corrected chi connectivity index (χ2v) is 9.52. The first-order valence-electron chi connectivity index (χ1n) is 11.4. The molecule has 1 N–H and O–H groups in total. The quantitative estimate of drug-likeness (QED) is 0.640. The molecule has 2 aromatic rings. The van der Waals surface area contributed by atoms with Gasteiger partial charge in [-0.05, 0) is 49.3 Å². The molecule has 1 saturated heterocycles. The Balaban J connectivity index is 1.49. The van der Waals surface area contributed by atoms with E-state index >= 15 is 0 Å². The molecule has 178 valence electrons. The zero-order valence-corrected chi connectivity index (χ0v) is 19.7. The molecule has 1 spiro atoms. The van der Waals surface area contributed by atoms with Gasteiger partial charge in [0.15, 0.2) is 0 Å². The Morgan fingerprint density at radius 1 is 1.39 bits per heavy atom. The molecular formula is C24H29ClFN3O4. The molecule has 1 amide bonds. The van der Waals surface area contributed by atoms with Crippen LogP contribution in [0.3, 0.4) is 0 Å². The fraction of sp³-hybridized carbons (Fsp3) is 0.542. The van der Waals surface area contributed by atoms with Crippen molar-refractivity contribution in [3.8, 4) is 0 Å². The molecule has 7 nitrogen and oxygen atoms in total. The van der Waals surface area contributed by atoms with E-state index in [4.69, 9.17) is 26.2 Å². The van der Waals surface area contributed by atoms with Crippen molar-refractivity contribution in [3.05, 3.63) is 51.6 Å². The number of fused-ring (bicyclic) bond motifs is 1. The SMILES string of the molecule is CCc1nn(C[C@@H](C)COC(=O)c2ccc(F)c(Cl)c2)c2c1C(=O)NCC1(CCOCC1)C2. The Labute approximate surface area is 197 Å². The summed E-state index contributed by atoms with van der Waals surface area (Å²) in [5.41, 5.74) is 2.60. The van der Waals surface area contributed by atoms with Crippen molar-refractivity contribution in [2.75, 3.05) is 26.4 Å². The topological polar surface area (TPSA) is 82.5 Å². The lowest BCUT2D eigenvalue weighted by molar-refractivity contribution is 0.0151. The van der Waals surface area contributed by atoms with Crippen LogP contribution in [0.5, 0.6) is 0 Å². The lowest BCUT2D eigenvalue weighted by atomic mass is 9.76. The monoisotopic (exact) mass is 477 g/mol. The van der Waals surface area contributed by atoms with Crippen molar-refractivity contribution in [2.24, 2.45) is 11.3 Å². The number of nitrogens with one attached hydrogen (secondary N) is 1. The first-order valence-corrected chi connectivity index (χ1v) is 11.8. The summed E-state index contributed by atoms with van der Waals surface area (Å²) in [6.07, 6.45) is 3.21. The van der Waals surface area contributed by atoms with E-state index in [-0.39, 0.29) is 34.4 Å². The number of ether oxygens (including phenoxy) is 2. The van der Waals surface area contributed by atoms with Crippen LogP contribution >= 0.6 is 11.6 Å². The molecule has 33 heavy (non-hydrogen) atoms. The molecule has 2 aliphatic rings. The zero-order chi connectivity index (χ0) is 23.6. The Hall–Kier alpha value is -2.45. The molecule has 2 aliphatic heterocycles. The van der Waals surface area contributed by atoms with Crippen LogP contribution in [-0.4, -0.2) is 48.0 Å². The number of hydrogen-bond donors (Lipinski definition) is 1. The highest BCUT2D eigenvalue weighted by Crippen LogP contribution is 2.37. The maximum Gasteiger partial charge on any atom is 0.338 e. The molecule has 1 aromatic carbocycles. The van der Waals surface area contributed by atoms with Gasteiger partial charge in [-0.1, -0.05) is 25.4 Å². The molecule has 9 heteroatoms. The van der Waals surface area contributed by atoms with Crippen molar-refractivity contribution in [2.45, 2.75) is 46.1 Å². The highest BCUT2D eigenvalue weighted by atomic mass is 35.5. The van der Waals surface area contributed by atoms with Gasteiger partial charge in [-0.2, -0.15) is 5.10 Å². The standard InChI is InChI=1S/C24H29ClFN3O4/c1-3-19-21-20(11-24(14-27-22(21)30)6-8-32-9-7-24)29(28-19)12-15(2)13-33-23(31)16-4-5-18(26)17(25)10-16/h4-5,10,15H,3,6-9,11-14H2,1-2H3,(H,27,30)/t15-/m1/s1. The van der Waals surface area contributed by atoms with Gasteiger partial charge in [0.25, 0.3) is 5.91 Å². The normalized spacial score (nSPS) is 18.4. The molecule has 1 atom stereocenters. The first kappa shape index (κ1) is 23.7. The largest absolute Gasteiger partial charge is 0.462 e. The molecule has 1 fully saturated rings. The third-order valence-corrected chi connectivity index (χ3v) is 6.84. The fourth-order valence-corrected chi connectivity index (χ4v) is 4.78. The average Bonchev–Trinajstić information content (AvgIpc) is 3.07. The highest BCUT2D eigenvalue weighted by Gasteiger charge is 2.39. The minimum atomic E-state index is -0.584. The van der Waals surface area contributed by atoms with Gasteiger partial charge in [-0.15, -0.1) is 0 Å². The van der Waals surface area contributed by atoms with Crippen molar-refractivity contribution >= 4 is 23.5 Å². The molecule has 0 bridgehead atoms. The van der Waals surface area contributed by atoms with E-state index in [0.29, 0.717) is 38.3 Å². The second kappa shape index (κ2) is 9.81. The molecular weight excluding hydrogens is 449 g/mol. The number of nitrogens with zero attached hydrogens (tertiary/aromatic N) is 2. The Bertz CT molecular complexity index is 1050. The van der Waals surface area contributed by atoms with Crippen molar-refractivity contribution < 1.29 is 23.5 Å². The van der Waals surface area contributed by atoms with Crippen molar-refractivity contribution in [1.29, 1.82) is 0 Å². The van der Waals surface area contributed by atoms with Crippen LogP contribution in [0, 0.1) is 17.2 Å². The summed E-state index contributed by atoms with van der Waals surface area (Å²) in [6, 6.07) is 3.75. The Morgan fingerprint density at radius 2 is 2.15 bits per heavy atom. The minimum Gasteiger partial charge on any atom is -0.462 e. The smallest absolute Gasteiger partial charge is 0.338 e. The predicted molar refractivity (Wildman–Crippen MR) is 121 cm³/mol. The van der Waals surface area contributed by atoms with Crippen LogP contribution in [0.1, 0.15) is 58.8 Å². The molecule has 0 saturated carbocycles. The summed E-state index contributed by atoms with van der Waals surface area (Å²) in [5, 5.41) is 7.75. The molecule has 0 aliphatic carbocycles. The van der Waals surface area contributed by atoms with Crippen LogP contribution in [-0.2, 0) is 28.9 Å². The maximum absolute atomic E-state index is 13.3. The van der Waals surface area contributed by atoms with Gasteiger partial charge in [0.05, 0.1) is 34.1 Å². The Kier molecular flexibility index (Phi) is 7.05. The number of hydrogen-bond acceptors (Lipinski definition) is 5. The number of benzene rings is 1. The van der Waals surface area contributed by atoms with Gasteiger partial charge in [0, 0.05) is 32.2 Å². The summed E-state index contributed by atoms with van der Waals surface area (Å²) in [4.78, 5) is 25.3. The number of amides is 1. The van der Waals surface area contributed by atoms with Crippen LogP contribution in [0.25, 0.3) is 0 Å². The van der Waals surface area contributed by atoms with Gasteiger partial charge in [0.2, 0.25) is 0 Å². The number of aromatic nitrogens is 2. The number of rotatable bonds is 6. The first-order chi connectivity index (χ1) is 15.8. The molecule has 0 radical (unpaired) electrons. The highest BCUT2D eigenvalue weighted by molar-refractivity contribution is 6.31. The summed E-state index contributed by atoms with van der Waals surface area (Å²) in [6.45, 7) is 6.66. The van der Waals surface area contributed by atoms with E-state index in [2.05, 4.69) is 5.32 Å². The van der Waals surface area contributed by atoms with E-state index in [1.54, 1.807) is 0 Å². The van der Waals surface area contributed by atoms with Crippen molar-refractivity contribution in [1.82, 2.24) is 15.1 Å². The van der Waals surface area contributed by atoms with Crippen LogP contribution in [0.2, 0.25) is 5.02 Å². The number of carbonyl (C=O) groups excluding carboxylic acids is 2. The van der Waals surface area contributed by atoms with Crippen LogP contribution in [0.15, 0.2) is 18.2 Å². The molecule has 0 unspecified atom stereocenters. The number of carbonyl (C=O) groups is 2. The summed E-state index contributed by atoms with van der Waals surface area (Å²) >= 11 is 5.76. The van der Waals surface area contributed by atoms with Crippen molar-refractivity contribution in [3.63, 3.8) is 0 Å². The number of aryl methyl sites for hydroxylation is 1. The second-order valence-electron chi connectivity index (χ2n) is 9.11. The van der Waals surface area contributed by atoms with Crippen LogP contribution < -0.4 is 5.32 Å². The van der Waals surface area contributed by atoms with E-state index in [0.717, 1.165) is 36.7 Å². The average molecular weight is 478 g/mol. The zero-order valence-electron chi connectivity index (χ0n) is 19.0. The van der Waals surface area contributed by atoms with E-state index in [1.165, 1.54) is 12.1 Å². The van der Waals surface area contributed by atoms with Crippen LogP contribution in [0.4, 0.5) is 4.39 Å². The van der Waals surface area contributed by atoms with E-state index in [1.807, 2.05) is 18.5 Å². The van der Waals surface area contributed by atoms with Gasteiger partial charge in [-0.25, -0.2) is 9.18 Å². The molecule has 1 aromatic heterocycles. The van der Waals surface area contributed by atoms with Gasteiger partial charge >= 0.3 is 5.97 Å². The van der Waals surface area contributed by atoms with Gasteiger partial charge < -0.3 is 14.8 Å². The minimum absolute atomic E-state index is 0.0283. The number of halogens is 2. The molecule has 4 rings (SSSR count). The van der Waals surface area contributed by atoms with Gasteiger partial charge in [-0.3, -0.25) is 9.48 Å². The summed E-state index contributed by atoms with van der Waals surface area (Å²) in [5.74, 6) is -1.25. The van der Waals surface area contributed by atoms with E-state index in [9.17, 15) is 14.0 Å². The number of esters is 1. The third kappa shape index (κ3) is 5.06. The van der Waals surface area contributed by atoms with E-state index < -0.39 is 11.8 Å². The Morgan fingerprint density at radius 3 is 2.85 bits per heavy atom. The predicted octanol–water partition coefficient (Wildman–Crippen LogP) is 3.81. The molecule has 3 heterocycles. The maximum atomic E-state index is 13.3. The van der Waals surface area contributed by atoms with Gasteiger partial charge in [0.1, 0.15) is 5.82 Å². The lowest BCUT2D eigenvalue weighted by Crippen LogP contribution is -2.41. The fourth-order valence-electron chi connectivity index (χ4n) is 4.60. The lowest BCUT2D eigenvalue weighted by Gasteiger charge is -2.36. The summed E-state index contributed by atoms with van der Waals surface area (Å²) < 4.78 is 26.3. The summed E-state index contributed by atoms with van der Waals surface area (Å²) in [7, 11) is 0. The third-order valence-electron chi connectivity index (χ3n) is 6.55.